The molecule has 0 atom stereocenters. The molecule has 1 rings (SSSR count). The molecule has 76 valence electrons. The summed E-state index contributed by atoms with van der Waals surface area (Å²) in [6, 6.07) is 1.43. The number of carbonyl (C=O) groups excluding carboxylic acids is 1. The van der Waals surface area contributed by atoms with Gasteiger partial charge < -0.3 is 10.5 Å². The van der Waals surface area contributed by atoms with Crippen LogP contribution in [0.1, 0.15) is 15.9 Å². The van der Waals surface area contributed by atoms with Gasteiger partial charge in [-0.25, -0.2) is 4.79 Å². The molecule has 0 aliphatic heterocycles. The second-order valence-corrected chi connectivity index (χ2v) is 2.98. The van der Waals surface area contributed by atoms with E-state index in [-0.39, 0.29) is 16.9 Å². The van der Waals surface area contributed by atoms with Crippen molar-refractivity contribution in [2.24, 2.45) is 7.05 Å². The van der Waals surface area contributed by atoms with Crippen molar-refractivity contribution in [1.29, 1.82) is 0 Å². The van der Waals surface area contributed by atoms with Gasteiger partial charge in [-0.05, 0) is 13.0 Å². The number of nitrogens with two attached hydrogens (primary N) is 1. The Kier molecular flexibility index (Phi) is 2.60. The lowest BCUT2D eigenvalue weighted by Crippen LogP contribution is -2.25. The molecule has 1 aromatic rings. The number of nitrogens with zero attached hydrogens (tertiary/aromatic N) is 1. The number of rotatable bonds is 1. The fraction of sp³-hybridized carbons (Fsp3) is 0.333. The Morgan fingerprint density at radius 3 is 2.64 bits per heavy atom. The Hall–Kier alpha value is -1.78. The van der Waals surface area contributed by atoms with Crippen LogP contribution >= 0.6 is 0 Å². The topological polar surface area (TPSA) is 74.3 Å². The van der Waals surface area contributed by atoms with Crippen molar-refractivity contribution in [1.82, 2.24) is 4.57 Å². The maximum atomic E-state index is 11.4. The molecule has 2 N–H and O–H groups in total. The average Bonchev–Trinajstić information content (AvgIpc) is 2.19. The summed E-state index contributed by atoms with van der Waals surface area (Å²) >= 11 is 0. The summed E-state index contributed by atoms with van der Waals surface area (Å²) in [6.07, 6.45) is 0. The molecule has 0 radical (unpaired) electrons. The molecule has 0 saturated carbocycles. The molecule has 5 heteroatoms. The SMILES string of the molecule is COC(=O)c1cc(C)c(=O)n(C)c1N. The Balaban J connectivity index is 3.48. The van der Waals surface area contributed by atoms with Crippen LogP contribution in [-0.2, 0) is 11.8 Å². The first-order valence-corrected chi connectivity index (χ1v) is 4.03. The summed E-state index contributed by atoms with van der Waals surface area (Å²) in [5, 5.41) is 0. The van der Waals surface area contributed by atoms with Crippen molar-refractivity contribution >= 4 is 11.8 Å². The molecule has 0 fully saturated rings. The van der Waals surface area contributed by atoms with E-state index in [4.69, 9.17) is 5.73 Å². The van der Waals surface area contributed by atoms with Crippen LogP contribution in [0.3, 0.4) is 0 Å². The number of aromatic nitrogens is 1. The number of ether oxygens (including phenoxy) is 1. The standard InChI is InChI=1S/C9H12N2O3/c1-5-4-6(9(13)14-3)7(10)11(2)8(5)12/h4H,10H2,1-3H3. The van der Waals surface area contributed by atoms with Gasteiger partial charge in [0.25, 0.3) is 5.56 Å². The molecular weight excluding hydrogens is 184 g/mol. The lowest BCUT2D eigenvalue weighted by atomic mass is 10.2. The van der Waals surface area contributed by atoms with Gasteiger partial charge in [-0.2, -0.15) is 0 Å². The van der Waals surface area contributed by atoms with Gasteiger partial charge in [-0.3, -0.25) is 9.36 Å². The van der Waals surface area contributed by atoms with Gasteiger partial charge in [-0.1, -0.05) is 0 Å². The molecule has 1 aromatic heterocycles. The molecule has 0 saturated heterocycles. The minimum atomic E-state index is -0.541. The first-order chi connectivity index (χ1) is 6.49. The van der Waals surface area contributed by atoms with Crippen LogP contribution in [0.2, 0.25) is 0 Å². The van der Waals surface area contributed by atoms with Crippen molar-refractivity contribution in [3.8, 4) is 0 Å². The van der Waals surface area contributed by atoms with Gasteiger partial charge in [0, 0.05) is 12.6 Å². The van der Waals surface area contributed by atoms with Crippen LogP contribution < -0.4 is 11.3 Å². The lowest BCUT2D eigenvalue weighted by molar-refractivity contribution is 0.0601. The lowest BCUT2D eigenvalue weighted by Gasteiger charge is -2.09. The summed E-state index contributed by atoms with van der Waals surface area (Å²) in [6.45, 7) is 1.62. The van der Waals surface area contributed by atoms with Crippen molar-refractivity contribution in [3.05, 3.63) is 27.5 Å². The van der Waals surface area contributed by atoms with Crippen molar-refractivity contribution in [3.63, 3.8) is 0 Å². The van der Waals surface area contributed by atoms with Gasteiger partial charge in [0.2, 0.25) is 0 Å². The van der Waals surface area contributed by atoms with Crippen LogP contribution in [0, 0.1) is 6.92 Å². The molecule has 1 heterocycles. The molecule has 0 aliphatic rings. The molecule has 5 nitrogen and oxygen atoms in total. The van der Waals surface area contributed by atoms with E-state index in [0.29, 0.717) is 5.56 Å². The molecule has 14 heavy (non-hydrogen) atoms. The number of pyridine rings is 1. The van der Waals surface area contributed by atoms with Gasteiger partial charge in [0.1, 0.15) is 11.4 Å². The summed E-state index contributed by atoms with van der Waals surface area (Å²) in [5.74, 6) is -0.423. The number of aryl methyl sites for hydroxylation is 1. The first-order valence-electron chi connectivity index (χ1n) is 4.03. The van der Waals surface area contributed by atoms with Gasteiger partial charge in [-0.15, -0.1) is 0 Å². The van der Waals surface area contributed by atoms with Crippen molar-refractivity contribution < 1.29 is 9.53 Å². The molecule has 0 aromatic carbocycles. The van der Waals surface area contributed by atoms with E-state index in [9.17, 15) is 9.59 Å². The van der Waals surface area contributed by atoms with Crippen LogP contribution in [0.25, 0.3) is 0 Å². The quantitative estimate of drug-likeness (QED) is 0.644. The third kappa shape index (κ3) is 1.48. The summed E-state index contributed by atoms with van der Waals surface area (Å²) in [7, 11) is 2.78. The average molecular weight is 196 g/mol. The van der Waals surface area contributed by atoms with E-state index in [1.807, 2.05) is 0 Å². The number of nitrogen functional groups attached to an aromatic ring is 1. The van der Waals surface area contributed by atoms with E-state index >= 15 is 0 Å². The van der Waals surface area contributed by atoms with Crippen molar-refractivity contribution in [2.45, 2.75) is 6.92 Å². The van der Waals surface area contributed by atoms with E-state index < -0.39 is 5.97 Å². The summed E-state index contributed by atoms with van der Waals surface area (Å²) in [5.41, 5.74) is 6.05. The molecule has 0 spiro atoms. The van der Waals surface area contributed by atoms with Gasteiger partial charge >= 0.3 is 5.97 Å². The minimum Gasteiger partial charge on any atom is -0.465 e. The Morgan fingerprint density at radius 2 is 2.14 bits per heavy atom. The number of anilines is 1. The Morgan fingerprint density at radius 1 is 1.57 bits per heavy atom. The molecule has 0 aliphatic carbocycles. The number of methoxy groups -OCH3 is 1. The van der Waals surface area contributed by atoms with E-state index in [0.717, 1.165) is 0 Å². The highest BCUT2D eigenvalue weighted by atomic mass is 16.5. The fourth-order valence-electron chi connectivity index (χ4n) is 1.18. The highest BCUT2D eigenvalue weighted by Crippen LogP contribution is 2.10. The minimum absolute atomic E-state index is 0.118. The number of hydrogen-bond donors (Lipinski definition) is 1. The largest absolute Gasteiger partial charge is 0.465 e. The molecule has 0 unspecified atom stereocenters. The molecular formula is C9H12N2O3. The molecule has 0 bridgehead atoms. The molecule has 0 amide bonds. The zero-order valence-electron chi connectivity index (χ0n) is 8.33. The van der Waals surface area contributed by atoms with Gasteiger partial charge in [0.05, 0.1) is 7.11 Å². The Labute approximate surface area is 81.1 Å². The van der Waals surface area contributed by atoms with Crippen LogP contribution in [0.4, 0.5) is 5.82 Å². The predicted octanol–water partition coefficient (Wildman–Crippen LogP) is 0.0625. The highest BCUT2D eigenvalue weighted by molar-refractivity contribution is 5.94. The number of carbonyl (C=O) groups is 1. The number of esters is 1. The van der Waals surface area contributed by atoms with E-state index in [1.165, 1.54) is 24.8 Å². The van der Waals surface area contributed by atoms with Crippen LogP contribution in [0.5, 0.6) is 0 Å². The summed E-state index contributed by atoms with van der Waals surface area (Å²) < 4.78 is 5.76. The maximum absolute atomic E-state index is 11.4. The Bertz CT molecular complexity index is 434. The zero-order valence-corrected chi connectivity index (χ0v) is 8.33. The second-order valence-electron chi connectivity index (χ2n) is 2.98. The third-order valence-corrected chi connectivity index (χ3v) is 2.05. The monoisotopic (exact) mass is 196 g/mol. The summed E-state index contributed by atoms with van der Waals surface area (Å²) in [4.78, 5) is 22.6. The van der Waals surface area contributed by atoms with Crippen LogP contribution in [-0.4, -0.2) is 17.6 Å². The fourth-order valence-corrected chi connectivity index (χ4v) is 1.18. The second kappa shape index (κ2) is 3.53. The van der Waals surface area contributed by atoms with Gasteiger partial charge in [0.15, 0.2) is 0 Å². The van der Waals surface area contributed by atoms with Crippen molar-refractivity contribution in [2.75, 3.05) is 12.8 Å². The zero-order chi connectivity index (χ0) is 10.9. The predicted molar refractivity (Wildman–Crippen MR) is 52.2 cm³/mol. The van der Waals surface area contributed by atoms with Crippen LogP contribution in [0.15, 0.2) is 10.9 Å². The normalized spacial score (nSPS) is 9.93. The first kappa shape index (κ1) is 10.3. The van der Waals surface area contributed by atoms with E-state index in [1.54, 1.807) is 6.92 Å². The smallest absolute Gasteiger partial charge is 0.341 e. The third-order valence-electron chi connectivity index (χ3n) is 2.05. The maximum Gasteiger partial charge on any atom is 0.341 e. The van der Waals surface area contributed by atoms with E-state index in [2.05, 4.69) is 4.74 Å². The highest BCUT2D eigenvalue weighted by Gasteiger charge is 2.14. The number of hydrogen-bond acceptors (Lipinski definition) is 4.